The maximum atomic E-state index is 12.5. The zero-order chi connectivity index (χ0) is 16.4. The van der Waals surface area contributed by atoms with E-state index >= 15 is 0 Å². The van der Waals surface area contributed by atoms with Crippen LogP contribution in [0.5, 0.6) is 5.75 Å². The van der Waals surface area contributed by atoms with Gasteiger partial charge in [0.15, 0.2) is 0 Å². The molecule has 2 aromatic rings. The number of carbonyl (C=O) groups is 1. The molecule has 2 fully saturated rings. The van der Waals surface area contributed by atoms with Crippen LogP contribution in [0.3, 0.4) is 0 Å². The lowest BCUT2D eigenvalue weighted by molar-refractivity contribution is -0.121. The zero-order valence-electron chi connectivity index (χ0n) is 13.6. The van der Waals surface area contributed by atoms with Crippen molar-refractivity contribution in [3.05, 3.63) is 36.9 Å². The third kappa shape index (κ3) is 3.27. The van der Waals surface area contributed by atoms with Gasteiger partial charge in [-0.1, -0.05) is 12.5 Å². The molecule has 0 unspecified atom stereocenters. The van der Waals surface area contributed by atoms with Crippen molar-refractivity contribution >= 4 is 11.6 Å². The maximum Gasteiger partial charge on any atom is 0.227 e. The highest BCUT2D eigenvalue weighted by molar-refractivity contribution is 5.93. The van der Waals surface area contributed by atoms with Gasteiger partial charge in [-0.25, -0.2) is 9.67 Å². The minimum absolute atomic E-state index is 0.168. The van der Waals surface area contributed by atoms with Gasteiger partial charge >= 0.3 is 0 Å². The lowest BCUT2D eigenvalue weighted by Crippen LogP contribution is -2.27. The molecule has 0 aliphatic heterocycles. The van der Waals surface area contributed by atoms with Crippen LogP contribution in [-0.4, -0.2) is 27.3 Å². The molecule has 2 saturated carbocycles. The molecule has 0 radical (unpaired) electrons. The van der Waals surface area contributed by atoms with E-state index in [2.05, 4.69) is 15.4 Å². The molecular formula is C18H22N4O2. The Hall–Kier alpha value is -2.37. The molecule has 0 spiro atoms. The highest BCUT2D eigenvalue weighted by Crippen LogP contribution is 2.48. The largest absolute Gasteiger partial charge is 0.492 e. The van der Waals surface area contributed by atoms with E-state index in [1.54, 1.807) is 11.0 Å². The van der Waals surface area contributed by atoms with Crippen molar-refractivity contribution in [3.63, 3.8) is 0 Å². The first-order chi connectivity index (χ1) is 11.8. The third-order valence-electron chi connectivity index (χ3n) is 5.23. The number of amides is 1. The average molecular weight is 326 g/mol. The van der Waals surface area contributed by atoms with Gasteiger partial charge in [0.2, 0.25) is 5.91 Å². The summed E-state index contributed by atoms with van der Waals surface area (Å²) in [7, 11) is 0. The highest BCUT2D eigenvalue weighted by Gasteiger charge is 2.42. The summed E-state index contributed by atoms with van der Waals surface area (Å²) in [6.45, 7) is 1.15. The first kappa shape index (κ1) is 15.2. The molecule has 126 valence electrons. The molecule has 0 saturated heterocycles. The fraction of sp³-hybridized carbons (Fsp3) is 0.500. The van der Waals surface area contributed by atoms with Crippen molar-refractivity contribution in [1.82, 2.24) is 14.8 Å². The molecule has 1 aromatic heterocycles. The van der Waals surface area contributed by atoms with E-state index in [1.807, 2.05) is 24.3 Å². The maximum absolute atomic E-state index is 12.5. The SMILES string of the molecule is O=C(Nc1cccc(OCCn2cncn2)c1)[C@H]1C[C@H]2CC[C@H]1C2. The quantitative estimate of drug-likeness (QED) is 0.886. The van der Waals surface area contributed by atoms with E-state index in [-0.39, 0.29) is 11.8 Å². The van der Waals surface area contributed by atoms with Gasteiger partial charge in [0.1, 0.15) is 25.0 Å². The molecule has 1 heterocycles. The first-order valence-corrected chi connectivity index (χ1v) is 8.64. The molecule has 2 bridgehead atoms. The molecular weight excluding hydrogens is 304 g/mol. The number of nitrogens with zero attached hydrogens (tertiary/aromatic N) is 3. The zero-order valence-corrected chi connectivity index (χ0v) is 13.6. The molecule has 6 nitrogen and oxygen atoms in total. The minimum atomic E-state index is 0.168. The number of ether oxygens (including phenoxy) is 1. The van der Waals surface area contributed by atoms with Crippen LogP contribution in [-0.2, 0) is 11.3 Å². The van der Waals surface area contributed by atoms with E-state index in [4.69, 9.17) is 4.74 Å². The Morgan fingerprint density at radius 1 is 1.33 bits per heavy atom. The Morgan fingerprint density at radius 2 is 2.29 bits per heavy atom. The summed E-state index contributed by atoms with van der Waals surface area (Å²) in [5.41, 5.74) is 0.807. The summed E-state index contributed by atoms with van der Waals surface area (Å²) in [5, 5.41) is 7.10. The van der Waals surface area contributed by atoms with Crippen LogP contribution >= 0.6 is 0 Å². The van der Waals surface area contributed by atoms with Crippen LogP contribution < -0.4 is 10.1 Å². The lowest BCUT2D eigenvalue weighted by Gasteiger charge is -2.21. The van der Waals surface area contributed by atoms with Gasteiger partial charge < -0.3 is 10.1 Å². The number of carbonyl (C=O) groups excluding carboxylic acids is 1. The first-order valence-electron chi connectivity index (χ1n) is 8.64. The van der Waals surface area contributed by atoms with Gasteiger partial charge in [0, 0.05) is 17.7 Å². The van der Waals surface area contributed by atoms with Crippen LogP contribution in [0.15, 0.2) is 36.9 Å². The van der Waals surface area contributed by atoms with Crippen molar-refractivity contribution in [1.29, 1.82) is 0 Å². The van der Waals surface area contributed by atoms with Gasteiger partial charge in [-0.2, -0.15) is 5.10 Å². The second kappa shape index (κ2) is 6.63. The average Bonchev–Trinajstić information content (AvgIpc) is 3.33. The smallest absolute Gasteiger partial charge is 0.227 e. The Bertz CT molecular complexity index is 701. The molecule has 2 aliphatic carbocycles. The Labute approximate surface area is 141 Å². The van der Waals surface area contributed by atoms with E-state index in [1.165, 1.54) is 25.6 Å². The topological polar surface area (TPSA) is 69.0 Å². The summed E-state index contributed by atoms with van der Waals surface area (Å²) < 4.78 is 7.46. The molecule has 1 amide bonds. The number of hydrogen-bond donors (Lipinski definition) is 1. The number of benzene rings is 1. The molecule has 2 aliphatic rings. The minimum Gasteiger partial charge on any atom is -0.492 e. The number of anilines is 1. The second-order valence-electron chi connectivity index (χ2n) is 6.81. The van der Waals surface area contributed by atoms with Crippen LogP contribution in [0.4, 0.5) is 5.69 Å². The van der Waals surface area contributed by atoms with E-state index in [9.17, 15) is 4.79 Å². The van der Waals surface area contributed by atoms with Gasteiger partial charge in [-0.05, 0) is 43.2 Å². The fourth-order valence-corrected chi connectivity index (χ4v) is 4.07. The van der Waals surface area contributed by atoms with E-state index < -0.39 is 0 Å². The molecule has 6 heteroatoms. The summed E-state index contributed by atoms with van der Waals surface area (Å²) in [6, 6.07) is 7.59. The normalized spacial score (nSPS) is 24.9. The molecule has 3 atom stereocenters. The van der Waals surface area contributed by atoms with E-state index in [0.717, 1.165) is 23.8 Å². The fourth-order valence-electron chi connectivity index (χ4n) is 4.07. The van der Waals surface area contributed by atoms with Crippen LogP contribution in [0.25, 0.3) is 0 Å². The van der Waals surface area contributed by atoms with Gasteiger partial charge in [0.05, 0.1) is 6.54 Å². The Morgan fingerprint density at radius 3 is 3.04 bits per heavy atom. The summed E-state index contributed by atoms with van der Waals surface area (Å²) in [6.07, 6.45) is 7.99. The van der Waals surface area contributed by atoms with Crippen LogP contribution in [0.2, 0.25) is 0 Å². The van der Waals surface area contributed by atoms with Gasteiger partial charge in [-0.3, -0.25) is 4.79 Å². The Kier molecular flexibility index (Phi) is 4.19. The van der Waals surface area contributed by atoms with Crippen molar-refractivity contribution < 1.29 is 9.53 Å². The molecule has 4 rings (SSSR count). The number of fused-ring (bicyclic) bond motifs is 2. The highest BCUT2D eigenvalue weighted by atomic mass is 16.5. The molecule has 24 heavy (non-hydrogen) atoms. The van der Waals surface area contributed by atoms with Crippen molar-refractivity contribution in [3.8, 4) is 5.75 Å². The van der Waals surface area contributed by atoms with Crippen LogP contribution in [0, 0.1) is 17.8 Å². The summed E-state index contributed by atoms with van der Waals surface area (Å²) in [4.78, 5) is 16.4. The van der Waals surface area contributed by atoms with E-state index in [0.29, 0.717) is 19.1 Å². The third-order valence-corrected chi connectivity index (χ3v) is 5.23. The number of aromatic nitrogens is 3. The number of hydrogen-bond acceptors (Lipinski definition) is 4. The molecule has 1 aromatic carbocycles. The summed E-state index contributed by atoms with van der Waals surface area (Å²) in [5.74, 6) is 2.48. The molecule has 1 N–H and O–H groups in total. The standard InChI is InChI=1S/C18H22N4O2/c23-18(17-9-13-4-5-14(17)8-13)21-15-2-1-3-16(10-15)24-7-6-22-12-19-11-20-22/h1-3,10-14,17H,4-9H2,(H,21,23)/t13-,14-,17-/m0/s1. The lowest BCUT2D eigenvalue weighted by atomic mass is 9.88. The number of nitrogens with one attached hydrogen (secondary N) is 1. The Balaban J connectivity index is 1.31. The van der Waals surface area contributed by atoms with Gasteiger partial charge in [0.25, 0.3) is 0 Å². The summed E-state index contributed by atoms with van der Waals surface area (Å²) >= 11 is 0. The van der Waals surface area contributed by atoms with Crippen molar-refractivity contribution in [2.45, 2.75) is 32.2 Å². The number of rotatable bonds is 6. The van der Waals surface area contributed by atoms with Gasteiger partial charge in [-0.15, -0.1) is 0 Å². The predicted molar refractivity (Wildman–Crippen MR) is 89.5 cm³/mol. The predicted octanol–water partition coefficient (Wildman–Crippen LogP) is 2.73. The van der Waals surface area contributed by atoms with Crippen molar-refractivity contribution in [2.24, 2.45) is 17.8 Å². The second-order valence-corrected chi connectivity index (χ2v) is 6.81. The monoisotopic (exact) mass is 326 g/mol. The van der Waals surface area contributed by atoms with Crippen LogP contribution in [0.1, 0.15) is 25.7 Å². The van der Waals surface area contributed by atoms with Crippen molar-refractivity contribution in [2.75, 3.05) is 11.9 Å².